The molecule has 2 aliphatic rings. The summed E-state index contributed by atoms with van der Waals surface area (Å²) in [5.74, 6) is 0.601. The molecule has 0 bridgehead atoms. The highest BCUT2D eigenvalue weighted by Crippen LogP contribution is 2.21. The number of benzene rings is 1. The van der Waals surface area contributed by atoms with E-state index in [4.69, 9.17) is 0 Å². The van der Waals surface area contributed by atoms with E-state index in [1.165, 1.54) is 5.56 Å². The highest BCUT2D eigenvalue weighted by atomic mass is 16.2. The molecule has 3 rings (SSSR count). The van der Waals surface area contributed by atoms with E-state index in [0.717, 1.165) is 52.0 Å². The van der Waals surface area contributed by atoms with E-state index >= 15 is 0 Å². The molecule has 0 unspecified atom stereocenters. The molecule has 2 saturated heterocycles. The summed E-state index contributed by atoms with van der Waals surface area (Å²) < 4.78 is 0. The molecule has 142 valence electrons. The maximum absolute atomic E-state index is 12.9. The van der Waals surface area contributed by atoms with Gasteiger partial charge in [-0.2, -0.15) is 0 Å². The molecule has 0 N–H and O–H groups in total. The Morgan fingerprint density at radius 3 is 2.62 bits per heavy atom. The Kier molecular flexibility index (Phi) is 6.30. The molecule has 2 heterocycles. The summed E-state index contributed by atoms with van der Waals surface area (Å²) in [7, 11) is 0. The molecule has 2 atom stereocenters. The summed E-state index contributed by atoms with van der Waals surface area (Å²) in [6.45, 7) is 8.85. The highest BCUT2D eigenvalue weighted by Gasteiger charge is 2.36. The molecular formula is C21H31N3O2. The molecule has 2 fully saturated rings. The SMILES string of the molecule is CC[C@H](C)C(=O)N1CCCN([C@@H]2CCN(Cc3ccccc3)C2=O)CC1. The Hall–Kier alpha value is -1.88. The average molecular weight is 357 g/mol. The second-order valence-corrected chi connectivity index (χ2v) is 7.57. The van der Waals surface area contributed by atoms with E-state index in [0.29, 0.717) is 6.54 Å². The topological polar surface area (TPSA) is 43.9 Å². The lowest BCUT2D eigenvalue weighted by Crippen LogP contribution is -2.44. The largest absolute Gasteiger partial charge is 0.341 e. The molecule has 0 saturated carbocycles. The first-order chi connectivity index (χ1) is 12.6. The van der Waals surface area contributed by atoms with Gasteiger partial charge in [-0.05, 0) is 24.8 Å². The van der Waals surface area contributed by atoms with Crippen LogP contribution in [0.4, 0.5) is 0 Å². The van der Waals surface area contributed by atoms with Gasteiger partial charge in [-0.3, -0.25) is 14.5 Å². The molecule has 26 heavy (non-hydrogen) atoms. The third kappa shape index (κ3) is 4.26. The fourth-order valence-electron chi connectivity index (χ4n) is 3.98. The molecule has 5 heteroatoms. The molecule has 0 aliphatic carbocycles. The minimum Gasteiger partial charge on any atom is -0.341 e. The van der Waals surface area contributed by atoms with Crippen molar-refractivity contribution in [2.24, 2.45) is 5.92 Å². The zero-order chi connectivity index (χ0) is 18.5. The third-order valence-corrected chi connectivity index (χ3v) is 5.80. The van der Waals surface area contributed by atoms with Gasteiger partial charge in [0.2, 0.25) is 11.8 Å². The zero-order valence-corrected chi connectivity index (χ0v) is 16.1. The molecule has 2 aliphatic heterocycles. The van der Waals surface area contributed by atoms with Crippen LogP contribution in [0, 0.1) is 5.92 Å². The standard InChI is InChI=1S/C21H31N3O2/c1-3-17(2)20(25)23-12-7-11-22(14-15-23)19-10-13-24(21(19)26)16-18-8-5-4-6-9-18/h4-6,8-9,17,19H,3,7,10-16H2,1-2H3/t17-,19+/m0/s1. The number of likely N-dealkylation sites (tertiary alicyclic amines) is 1. The van der Waals surface area contributed by atoms with Crippen molar-refractivity contribution in [3.63, 3.8) is 0 Å². The summed E-state index contributed by atoms with van der Waals surface area (Å²) in [6.07, 6.45) is 2.73. The number of hydrogen-bond donors (Lipinski definition) is 0. The predicted molar refractivity (Wildman–Crippen MR) is 102 cm³/mol. The van der Waals surface area contributed by atoms with Crippen molar-refractivity contribution >= 4 is 11.8 Å². The maximum atomic E-state index is 12.9. The van der Waals surface area contributed by atoms with Gasteiger partial charge in [-0.1, -0.05) is 44.2 Å². The van der Waals surface area contributed by atoms with Crippen LogP contribution >= 0.6 is 0 Å². The van der Waals surface area contributed by atoms with Gasteiger partial charge < -0.3 is 9.80 Å². The van der Waals surface area contributed by atoms with Crippen LogP contribution in [0.15, 0.2) is 30.3 Å². The van der Waals surface area contributed by atoms with Crippen LogP contribution in [0.3, 0.4) is 0 Å². The van der Waals surface area contributed by atoms with Gasteiger partial charge in [-0.15, -0.1) is 0 Å². The summed E-state index contributed by atoms with van der Waals surface area (Å²) in [6, 6.07) is 10.2. The van der Waals surface area contributed by atoms with Gasteiger partial charge in [0.05, 0.1) is 6.04 Å². The van der Waals surface area contributed by atoms with E-state index in [2.05, 4.69) is 24.0 Å². The molecular weight excluding hydrogens is 326 g/mol. The first-order valence-corrected chi connectivity index (χ1v) is 9.95. The van der Waals surface area contributed by atoms with E-state index in [1.807, 2.05) is 34.9 Å². The van der Waals surface area contributed by atoms with Crippen LogP contribution in [-0.2, 0) is 16.1 Å². The van der Waals surface area contributed by atoms with Crippen molar-refractivity contribution in [2.75, 3.05) is 32.7 Å². The zero-order valence-electron chi connectivity index (χ0n) is 16.1. The lowest BCUT2D eigenvalue weighted by molar-refractivity contribution is -0.134. The second kappa shape index (κ2) is 8.67. The summed E-state index contributed by atoms with van der Waals surface area (Å²) >= 11 is 0. The number of carbonyl (C=O) groups excluding carboxylic acids is 2. The van der Waals surface area contributed by atoms with Gasteiger partial charge in [0, 0.05) is 45.2 Å². The number of carbonyl (C=O) groups is 2. The van der Waals surface area contributed by atoms with Crippen molar-refractivity contribution in [1.29, 1.82) is 0 Å². The van der Waals surface area contributed by atoms with Crippen LogP contribution in [-0.4, -0.2) is 65.3 Å². The van der Waals surface area contributed by atoms with E-state index in [-0.39, 0.29) is 23.8 Å². The molecule has 2 amide bonds. The highest BCUT2D eigenvalue weighted by molar-refractivity contribution is 5.84. The normalized spacial score (nSPS) is 23.2. The molecule has 5 nitrogen and oxygen atoms in total. The van der Waals surface area contributed by atoms with Gasteiger partial charge >= 0.3 is 0 Å². The summed E-state index contributed by atoms with van der Waals surface area (Å²) in [5, 5.41) is 0. The van der Waals surface area contributed by atoms with Crippen molar-refractivity contribution in [2.45, 2.75) is 45.7 Å². The summed E-state index contributed by atoms with van der Waals surface area (Å²) in [4.78, 5) is 31.6. The number of amides is 2. The lowest BCUT2D eigenvalue weighted by atomic mass is 10.1. The molecule has 1 aromatic rings. The fourth-order valence-corrected chi connectivity index (χ4v) is 3.98. The van der Waals surface area contributed by atoms with Crippen LogP contribution < -0.4 is 0 Å². The Morgan fingerprint density at radius 1 is 1.12 bits per heavy atom. The Labute approximate surface area is 156 Å². The average Bonchev–Trinajstić information content (AvgIpc) is 2.87. The Morgan fingerprint density at radius 2 is 1.88 bits per heavy atom. The second-order valence-electron chi connectivity index (χ2n) is 7.57. The van der Waals surface area contributed by atoms with E-state index < -0.39 is 0 Å². The third-order valence-electron chi connectivity index (χ3n) is 5.80. The number of rotatable bonds is 5. The van der Waals surface area contributed by atoms with Crippen LogP contribution in [0.5, 0.6) is 0 Å². The van der Waals surface area contributed by atoms with Gasteiger partial charge in [0.25, 0.3) is 0 Å². The summed E-state index contributed by atoms with van der Waals surface area (Å²) in [5.41, 5.74) is 1.18. The minimum atomic E-state index is -0.0163. The first-order valence-electron chi connectivity index (χ1n) is 9.95. The predicted octanol–water partition coefficient (Wildman–Crippen LogP) is 2.37. The van der Waals surface area contributed by atoms with Crippen LogP contribution in [0.2, 0.25) is 0 Å². The monoisotopic (exact) mass is 357 g/mol. The van der Waals surface area contributed by atoms with Crippen molar-refractivity contribution < 1.29 is 9.59 Å². The minimum absolute atomic E-state index is 0.0163. The number of nitrogens with zero attached hydrogens (tertiary/aromatic N) is 3. The molecule has 1 aromatic carbocycles. The first kappa shape index (κ1) is 18.9. The molecule has 0 spiro atoms. The molecule has 0 radical (unpaired) electrons. The van der Waals surface area contributed by atoms with Gasteiger partial charge in [0.15, 0.2) is 0 Å². The molecule has 0 aromatic heterocycles. The number of hydrogen-bond acceptors (Lipinski definition) is 3. The van der Waals surface area contributed by atoms with Crippen molar-refractivity contribution in [3.05, 3.63) is 35.9 Å². The fraction of sp³-hybridized carbons (Fsp3) is 0.619. The van der Waals surface area contributed by atoms with E-state index in [1.54, 1.807) is 0 Å². The van der Waals surface area contributed by atoms with Crippen molar-refractivity contribution in [1.82, 2.24) is 14.7 Å². The van der Waals surface area contributed by atoms with Crippen LogP contribution in [0.25, 0.3) is 0 Å². The quantitative estimate of drug-likeness (QED) is 0.813. The van der Waals surface area contributed by atoms with Gasteiger partial charge in [0.1, 0.15) is 0 Å². The lowest BCUT2D eigenvalue weighted by Gasteiger charge is -2.27. The van der Waals surface area contributed by atoms with Crippen molar-refractivity contribution in [3.8, 4) is 0 Å². The smallest absolute Gasteiger partial charge is 0.240 e. The van der Waals surface area contributed by atoms with Crippen LogP contribution in [0.1, 0.15) is 38.7 Å². The van der Waals surface area contributed by atoms with E-state index in [9.17, 15) is 9.59 Å². The Bertz CT molecular complexity index is 619. The maximum Gasteiger partial charge on any atom is 0.240 e. The Balaban J connectivity index is 1.56. The van der Waals surface area contributed by atoms with Gasteiger partial charge in [-0.25, -0.2) is 0 Å².